The molecule has 130 valence electrons. The van der Waals surface area contributed by atoms with Crippen molar-refractivity contribution in [3.8, 4) is 5.88 Å². The Balaban J connectivity index is 2.41. The first kappa shape index (κ1) is 17.5. The molecule has 0 bridgehead atoms. The molecule has 2 rings (SSSR count). The molecule has 0 radical (unpaired) electrons. The molecule has 1 aliphatic carbocycles. The molecule has 5 nitrogen and oxygen atoms in total. The number of carbonyl (C=O) groups is 1. The highest BCUT2D eigenvalue weighted by atomic mass is 19.4. The number of hydrogen-bond donors (Lipinski definition) is 1. The third-order valence-corrected chi connectivity index (χ3v) is 3.62. The summed E-state index contributed by atoms with van der Waals surface area (Å²) in [7, 11) is 0. The molecule has 0 saturated heterocycles. The van der Waals surface area contributed by atoms with Gasteiger partial charge in [0.25, 0.3) is 0 Å². The summed E-state index contributed by atoms with van der Waals surface area (Å²) in [5.74, 6) is -6.20. The highest BCUT2D eigenvalue weighted by molar-refractivity contribution is 5.88. The van der Waals surface area contributed by atoms with Crippen LogP contribution in [0.5, 0.6) is 5.88 Å². The topological polar surface area (TPSA) is 64.4 Å². The molecule has 0 amide bonds. The van der Waals surface area contributed by atoms with Gasteiger partial charge in [-0.3, -0.25) is 4.68 Å². The molecule has 1 aliphatic rings. The van der Waals surface area contributed by atoms with Crippen molar-refractivity contribution >= 4 is 5.97 Å². The number of aromatic carboxylic acids is 1. The van der Waals surface area contributed by atoms with Crippen LogP contribution < -0.4 is 4.74 Å². The molecule has 1 aromatic rings. The number of aromatic nitrogens is 2. The van der Waals surface area contributed by atoms with Gasteiger partial charge < -0.3 is 9.84 Å². The number of carboxylic acids is 1. The summed E-state index contributed by atoms with van der Waals surface area (Å²) in [4.78, 5) is 11.2. The lowest BCUT2D eigenvalue weighted by molar-refractivity contribution is -0.139. The van der Waals surface area contributed by atoms with E-state index in [1.54, 1.807) is 0 Å². The van der Waals surface area contributed by atoms with E-state index >= 15 is 0 Å². The van der Waals surface area contributed by atoms with Gasteiger partial charge in [0.15, 0.2) is 11.3 Å². The van der Waals surface area contributed by atoms with Gasteiger partial charge in [-0.2, -0.15) is 13.2 Å². The van der Waals surface area contributed by atoms with E-state index in [2.05, 4.69) is 5.10 Å². The predicted molar refractivity (Wildman–Crippen MR) is 67.6 cm³/mol. The van der Waals surface area contributed by atoms with E-state index in [1.165, 1.54) is 6.92 Å². The summed E-state index contributed by atoms with van der Waals surface area (Å²) in [6.45, 7) is 0.963. The van der Waals surface area contributed by atoms with Crippen molar-refractivity contribution in [3.05, 3.63) is 11.3 Å². The summed E-state index contributed by atoms with van der Waals surface area (Å²) in [6, 6.07) is 0. The van der Waals surface area contributed by atoms with Crippen LogP contribution in [0.1, 0.15) is 42.2 Å². The second-order valence-corrected chi connectivity index (χ2v) is 5.41. The molecular formula is C13H15F5N2O3. The maximum Gasteiger partial charge on any atom is 0.424 e. The van der Waals surface area contributed by atoms with Crippen molar-refractivity contribution in [2.75, 3.05) is 6.61 Å². The van der Waals surface area contributed by atoms with Crippen molar-refractivity contribution in [2.45, 2.75) is 44.8 Å². The first-order valence-corrected chi connectivity index (χ1v) is 6.97. The van der Waals surface area contributed by atoms with Gasteiger partial charge >= 0.3 is 12.1 Å². The fourth-order valence-electron chi connectivity index (χ4n) is 2.72. The largest absolute Gasteiger partial charge is 0.477 e. The second-order valence-electron chi connectivity index (χ2n) is 5.41. The van der Waals surface area contributed by atoms with Gasteiger partial charge in [-0.25, -0.2) is 13.6 Å². The average Bonchev–Trinajstić information content (AvgIpc) is 2.90. The predicted octanol–water partition coefficient (Wildman–Crippen LogP) is 3.43. The lowest BCUT2D eigenvalue weighted by Gasteiger charge is -2.12. The number of rotatable bonds is 5. The molecular weight excluding hydrogens is 327 g/mol. The van der Waals surface area contributed by atoms with Crippen LogP contribution in [0.3, 0.4) is 0 Å². The summed E-state index contributed by atoms with van der Waals surface area (Å²) in [5, 5.41) is 12.7. The molecule has 0 aromatic carbocycles. The van der Waals surface area contributed by atoms with E-state index in [9.17, 15) is 26.7 Å². The molecule has 1 fully saturated rings. The Bertz CT molecular complexity index is 597. The molecule has 1 N–H and O–H groups in total. The molecule has 1 aromatic heterocycles. The maximum absolute atomic E-state index is 13.2. The lowest BCUT2D eigenvalue weighted by Crippen LogP contribution is -2.19. The van der Waals surface area contributed by atoms with Crippen molar-refractivity contribution in [3.63, 3.8) is 0 Å². The van der Waals surface area contributed by atoms with E-state index < -0.39 is 47.5 Å². The Labute approximate surface area is 128 Å². The van der Waals surface area contributed by atoms with Gasteiger partial charge in [-0.05, 0) is 19.3 Å². The van der Waals surface area contributed by atoms with Crippen molar-refractivity contribution in [1.82, 2.24) is 9.78 Å². The molecule has 0 aliphatic heterocycles. The zero-order valence-corrected chi connectivity index (χ0v) is 12.2. The van der Waals surface area contributed by atoms with Crippen LogP contribution in [-0.2, 0) is 12.7 Å². The summed E-state index contributed by atoms with van der Waals surface area (Å²) in [5.41, 5.74) is -2.58. The van der Waals surface area contributed by atoms with Crippen LogP contribution in [0, 0.1) is 5.92 Å². The molecule has 0 spiro atoms. The minimum atomic E-state index is -4.98. The van der Waals surface area contributed by atoms with Gasteiger partial charge in [0, 0.05) is 19.4 Å². The molecule has 10 heteroatoms. The molecule has 1 saturated carbocycles. The molecule has 1 heterocycles. The number of nitrogens with zero attached hydrogens (tertiary/aromatic N) is 2. The second kappa shape index (κ2) is 5.97. The van der Waals surface area contributed by atoms with Crippen LogP contribution in [0.4, 0.5) is 22.0 Å². The summed E-state index contributed by atoms with van der Waals surface area (Å²) < 4.78 is 71.2. The zero-order valence-electron chi connectivity index (χ0n) is 12.2. The third kappa shape index (κ3) is 3.73. The lowest BCUT2D eigenvalue weighted by atomic mass is 10.1. The SMILES string of the molecule is CCOc1nn(CC2CCC(F)(F)C2)c(C(=O)O)c1C(F)(F)F. The number of halogens is 5. The van der Waals surface area contributed by atoms with Crippen molar-refractivity contribution in [2.24, 2.45) is 5.92 Å². The fraction of sp³-hybridized carbons (Fsp3) is 0.692. The van der Waals surface area contributed by atoms with E-state index in [-0.39, 0.29) is 26.0 Å². The number of ether oxygens (including phenoxy) is 1. The minimum Gasteiger partial charge on any atom is -0.477 e. The quantitative estimate of drug-likeness (QED) is 0.833. The minimum absolute atomic E-state index is 0.0945. The third-order valence-electron chi connectivity index (χ3n) is 3.62. The Morgan fingerprint density at radius 2 is 2.13 bits per heavy atom. The standard InChI is InChI=1S/C13H15F5N2O3/c1-2-23-10-8(13(16,17)18)9(11(21)22)20(19-10)6-7-3-4-12(14,15)5-7/h7H,2-6H2,1H3,(H,21,22). The summed E-state index contributed by atoms with van der Waals surface area (Å²) in [6.07, 6.45) is -5.75. The van der Waals surface area contributed by atoms with Crippen LogP contribution in [0.2, 0.25) is 0 Å². The first-order chi connectivity index (χ1) is 10.5. The van der Waals surface area contributed by atoms with E-state index in [1.807, 2.05) is 0 Å². The monoisotopic (exact) mass is 342 g/mol. The Morgan fingerprint density at radius 3 is 2.57 bits per heavy atom. The van der Waals surface area contributed by atoms with E-state index in [0.29, 0.717) is 4.68 Å². The first-order valence-electron chi connectivity index (χ1n) is 6.97. The van der Waals surface area contributed by atoms with Crippen LogP contribution in [0.25, 0.3) is 0 Å². The average molecular weight is 342 g/mol. The van der Waals surface area contributed by atoms with Gasteiger partial charge in [-0.1, -0.05) is 0 Å². The van der Waals surface area contributed by atoms with E-state index in [0.717, 1.165) is 0 Å². The normalized spacial score (nSPS) is 20.7. The molecule has 1 unspecified atom stereocenters. The molecule has 1 atom stereocenters. The van der Waals surface area contributed by atoms with Crippen LogP contribution in [0.15, 0.2) is 0 Å². The Morgan fingerprint density at radius 1 is 1.48 bits per heavy atom. The maximum atomic E-state index is 13.2. The highest BCUT2D eigenvalue weighted by Gasteiger charge is 2.45. The highest BCUT2D eigenvalue weighted by Crippen LogP contribution is 2.42. The molecule has 23 heavy (non-hydrogen) atoms. The smallest absolute Gasteiger partial charge is 0.424 e. The number of hydrogen-bond acceptors (Lipinski definition) is 3. The van der Waals surface area contributed by atoms with E-state index in [4.69, 9.17) is 9.84 Å². The Hall–Kier alpha value is -1.87. The van der Waals surface area contributed by atoms with Crippen LogP contribution in [-0.4, -0.2) is 33.4 Å². The van der Waals surface area contributed by atoms with Crippen molar-refractivity contribution < 1.29 is 36.6 Å². The zero-order chi connectivity index (χ0) is 17.4. The van der Waals surface area contributed by atoms with Crippen LogP contribution >= 0.6 is 0 Å². The van der Waals surface area contributed by atoms with Gasteiger partial charge in [0.1, 0.15) is 0 Å². The Kier molecular flexibility index (Phi) is 4.54. The van der Waals surface area contributed by atoms with Gasteiger partial charge in [0.2, 0.25) is 11.8 Å². The van der Waals surface area contributed by atoms with Crippen molar-refractivity contribution in [1.29, 1.82) is 0 Å². The van der Waals surface area contributed by atoms with Gasteiger partial charge in [-0.15, -0.1) is 5.10 Å². The summed E-state index contributed by atoms with van der Waals surface area (Å²) >= 11 is 0. The van der Waals surface area contributed by atoms with Gasteiger partial charge in [0.05, 0.1) is 6.61 Å². The number of carboxylic acid groups (broad SMARTS) is 1. The fourth-order valence-corrected chi connectivity index (χ4v) is 2.72. The number of alkyl halides is 5.